The molecule has 6 rings (SSSR count). The van der Waals surface area contributed by atoms with Crippen molar-refractivity contribution in [1.29, 1.82) is 0 Å². The molecular weight excluding hydrogens is 354 g/mol. The predicted molar refractivity (Wildman–Crippen MR) is 106 cm³/mol. The Morgan fingerprint density at radius 1 is 1.21 bits per heavy atom. The third-order valence-electron chi connectivity index (χ3n) is 6.87. The van der Waals surface area contributed by atoms with E-state index in [2.05, 4.69) is 9.88 Å². The molecule has 2 bridgehead atoms. The van der Waals surface area contributed by atoms with Crippen molar-refractivity contribution < 1.29 is 14.6 Å². The van der Waals surface area contributed by atoms with Crippen molar-refractivity contribution in [3.63, 3.8) is 0 Å². The Morgan fingerprint density at radius 3 is 2.79 bits per heavy atom. The first-order valence-electron chi connectivity index (χ1n) is 10.3. The molecule has 1 aromatic carbocycles. The first kappa shape index (κ1) is 17.9. The molecule has 6 heteroatoms. The second-order valence-corrected chi connectivity index (χ2v) is 8.30. The number of ether oxygens (including phenoxy) is 1. The van der Waals surface area contributed by atoms with Crippen LogP contribution in [-0.4, -0.2) is 64.6 Å². The number of carbonyl (C=O) groups is 1. The van der Waals surface area contributed by atoms with E-state index >= 15 is 0 Å². The van der Waals surface area contributed by atoms with Crippen LogP contribution in [0.25, 0.3) is 10.9 Å². The summed E-state index contributed by atoms with van der Waals surface area (Å²) in [7, 11) is 1.64. The Kier molecular flexibility index (Phi) is 4.48. The summed E-state index contributed by atoms with van der Waals surface area (Å²) in [6, 6.07) is 7.44. The van der Waals surface area contributed by atoms with Crippen molar-refractivity contribution in [2.24, 2.45) is 5.92 Å². The van der Waals surface area contributed by atoms with Crippen molar-refractivity contribution in [3.05, 3.63) is 36.0 Å². The SMILES string of the molecule is COc1ccc2nccc([C@H](O)[C@H]3C[C@@H]4CCN3C(=O)[C@@H]4N3CCCC3)c2c1. The molecule has 0 radical (unpaired) electrons. The van der Waals surface area contributed by atoms with Gasteiger partial charge < -0.3 is 14.7 Å². The molecule has 1 aromatic heterocycles. The number of hydrogen-bond acceptors (Lipinski definition) is 5. The largest absolute Gasteiger partial charge is 0.497 e. The van der Waals surface area contributed by atoms with E-state index in [1.165, 1.54) is 12.8 Å². The van der Waals surface area contributed by atoms with E-state index in [1.54, 1.807) is 13.3 Å². The number of pyridine rings is 1. The maximum absolute atomic E-state index is 13.2. The molecule has 5 heterocycles. The van der Waals surface area contributed by atoms with Crippen molar-refractivity contribution in [3.8, 4) is 5.75 Å². The van der Waals surface area contributed by atoms with Gasteiger partial charge in [0, 0.05) is 18.1 Å². The van der Waals surface area contributed by atoms with Crippen LogP contribution >= 0.6 is 0 Å². The topological polar surface area (TPSA) is 65.9 Å². The number of nitrogens with zero attached hydrogens (tertiary/aromatic N) is 3. The van der Waals surface area contributed by atoms with Crippen LogP contribution in [0, 0.1) is 5.92 Å². The number of carbonyl (C=O) groups excluding carboxylic acids is 1. The predicted octanol–water partition coefficient (Wildman–Crippen LogP) is 2.36. The Morgan fingerprint density at radius 2 is 2.04 bits per heavy atom. The molecule has 4 saturated heterocycles. The number of piperidine rings is 3. The number of aromatic nitrogens is 1. The van der Waals surface area contributed by atoms with Gasteiger partial charge in [0.2, 0.25) is 5.91 Å². The third-order valence-corrected chi connectivity index (χ3v) is 6.87. The van der Waals surface area contributed by atoms with Gasteiger partial charge in [-0.05, 0) is 74.5 Å². The van der Waals surface area contributed by atoms with Crippen LogP contribution in [0.3, 0.4) is 0 Å². The molecule has 0 saturated carbocycles. The van der Waals surface area contributed by atoms with Crippen LogP contribution in [-0.2, 0) is 4.79 Å². The number of aliphatic hydroxyl groups excluding tert-OH is 1. The average Bonchev–Trinajstić information content (AvgIpc) is 3.27. The summed E-state index contributed by atoms with van der Waals surface area (Å²) in [4.78, 5) is 22.0. The average molecular weight is 381 g/mol. The summed E-state index contributed by atoms with van der Waals surface area (Å²) in [5.41, 5.74) is 1.65. The first-order chi connectivity index (χ1) is 13.7. The van der Waals surface area contributed by atoms with Crippen molar-refractivity contribution in [1.82, 2.24) is 14.8 Å². The normalized spacial score (nSPS) is 28.9. The van der Waals surface area contributed by atoms with Gasteiger partial charge in [-0.1, -0.05) is 0 Å². The van der Waals surface area contributed by atoms with Gasteiger partial charge in [0.1, 0.15) is 11.9 Å². The lowest BCUT2D eigenvalue weighted by atomic mass is 9.75. The minimum Gasteiger partial charge on any atom is -0.497 e. The molecule has 1 N–H and O–H groups in total. The standard InChI is InChI=1S/C22H27N3O3/c1-28-15-4-5-18-17(13-15)16(6-8-23-18)21(26)19-12-14-7-11-25(19)22(27)20(14)24-9-2-3-10-24/h4-6,8,13-14,19-21,26H,2-3,7,9-12H2,1H3/t14-,19+,20+,21-/m0/s1. The van der Waals surface area contributed by atoms with E-state index in [0.717, 1.165) is 54.7 Å². The Hall–Kier alpha value is -2.18. The second-order valence-electron chi connectivity index (χ2n) is 8.30. The minimum atomic E-state index is -0.719. The summed E-state index contributed by atoms with van der Waals surface area (Å²) in [6.07, 6.45) is 5.30. The van der Waals surface area contributed by atoms with Gasteiger partial charge in [0.15, 0.2) is 0 Å². The van der Waals surface area contributed by atoms with Crippen LogP contribution in [0.15, 0.2) is 30.5 Å². The maximum Gasteiger partial charge on any atom is 0.240 e. The highest BCUT2D eigenvalue weighted by atomic mass is 16.5. The number of methoxy groups -OCH3 is 1. The Balaban J connectivity index is 1.46. The molecule has 6 nitrogen and oxygen atoms in total. The van der Waals surface area contributed by atoms with Gasteiger partial charge in [-0.25, -0.2) is 0 Å². The minimum absolute atomic E-state index is 0.0222. The lowest BCUT2D eigenvalue weighted by Gasteiger charge is -2.52. The molecule has 0 unspecified atom stereocenters. The number of rotatable bonds is 4. The van der Waals surface area contributed by atoms with Gasteiger partial charge in [-0.3, -0.25) is 14.7 Å². The summed E-state index contributed by atoms with van der Waals surface area (Å²) in [5, 5.41) is 12.2. The molecule has 0 spiro atoms. The summed E-state index contributed by atoms with van der Waals surface area (Å²) < 4.78 is 5.36. The zero-order valence-electron chi connectivity index (χ0n) is 16.3. The first-order valence-corrected chi connectivity index (χ1v) is 10.3. The van der Waals surface area contributed by atoms with Gasteiger partial charge in [0.25, 0.3) is 0 Å². The smallest absolute Gasteiger partial charge is 0.240 e. The van der Waals surface area contributed by atoms with Crippen molar-refractivity contribution in [2.45, 2.75) is 43.9 Å². The molecule has 4 aliphatic rings. The molecule has 1 amide bonds. The van der Waals surface area contributed by atoms with Crippen LogP contribution in [0.5, 0.6) is 5.75 Å². The van der Waals surface area contributed by atoms with Gasteiger partial charge in [-0.2, -0.15) is 0 Å². The van der Waals surface area contributed by atoms with Gasteiger partial charge in [-0.15, -0.1) is 0 Å². The monoisotopic (exact) mass is 381 g/mol. The van der Waals surface area contributed by atoms with E-state index in [-0.39, 0.29) is 18.0 Å². The number of benzene rings is 1. The van der Waals surface area contributed by atoms with Gasteiger partial charge >= 0.3 is 0 Å². The van der Waals surface area contributed by atoms with Crippen LogP contribution in [0.2, 0.25) is 0 Å². The maximum atomic E-state index is 13.2. The molecule has 4 aliphatic heterocycles. The number of aliphatic hydroxyl groups is 1. The zero-order valence-corrected chi connectivity index (χ0v) is 16.3. The molecular formula is C22H27N3O3. The van der Waals surface area contributed by atoms with E-state index in [1.807, 2.05) is 29.2 Å². The summed E-state index contributed by atoms with van der Waals surface area (Å²) in [5.74, 6) is 1.30. The third kappa shape index (κ3) is 2.78. The highest BCUT2D eigenvalue weighted by Gasteiger charge is 2.50. The van der Waals surface area contributed by atoms with E-state index in [9.17, 15) is 9.90 Å². The number of amides is 1. The van der Waals surface area contributed by atoms with E-state index in [4.69, 9.17) is 4.74 Å². The van der Waals surface area contributed by atoms with Crippen LogP contribution in [0.4, 0.5) is 0 Å². The fourth-order valence-electron chi connectivity index (χ4n) is 5.47. The fourth-order valence-corrected chi connectivity index (χ4v) is 5.47. The number of fused-ring (bicyclic) bond motifs is 4. The summed E-state index contributed by atoms with van der Waals surface area (Å²) in [6.45, 7) is 2.81. The quantitative estimate of drug-likeness (QED) is 0.881. The van der Waals surface area contributed by atoms with Crippen molar-refractivity contribution >= 4 is 16.8 Å². The summed E-state index contributed by atoms with van der Waals surface area (Å²) >= 11 is 0. The highest BCUT2D eigenvalue weighted by Crippen LogP contribution is 2.42. The number of hydrogen-bond donors (Lipinski definition) is 1. The lowest BCUT2D eigenvalue weighted by Crippen LogP contribution is -2.65. The second kappa shape index (κ2) is 7.01. The van der Waals surface area contributed by atoms with Crippen LogP contribution in [0.1, 0.15) is 37.4 Å². The van der Waals surface area contributed by atoms with Crippen molar-refractivity contribution in [2.75, 3.05) is 26.7 Å². The molecule has 28 heavy (non-hydrogen) atoms. The fraction of sp³-hybridized carbons (Fsp3) is 0.545. The number of likely N-dealkylation sites (tertiary alicyclic amines) is 1. The highest BCUT2D eigenvalue weighted by molar-refractivity contribution is 5.86. The lowest BCUT2D eigenvalue weighted by molar-refractivity contribution is -0.159. The molecule has 4 fully saturated rings. The zero-order chi connectivity index (χ0) is 19.3. The van der Waals surface area contributed by atoms with E-state index in [0.29, 0.717) is 5.92 Å². The van der Waals surface area contributed by atoms with Gasteiger partial charge in [0.05, 0.1) is 24.7 Å². The molecule has 148 valence electrons. The van der Waals surface area contributed by atoms with Crippen LogP contribution < -0.4 is 4.74 Å². The molecule has 4 atom stereocenters. The Bertz CT molecular complexity index is 896. The van der Waals surface area contributed by atoms with E-state index < -0.39 is 6.10 Å². The Labute approximate surface area is 165 Å². The molecule has 0 aliphatic carbocycles. The molecule has 2 aromatic rings.